The van der Waals surface area contributed by atoms with Crippen molar-refractivity contribution in [2.75, 3.05) is 18.5 Å². The molecule has 162 valence electrons. The van der Waals surface area contributed by atoms with Crippen LogP contribution in [0.4, 0.5) is 5.69 Å². The van der Waals surface area contributed by atoms with Crippen LogP contribution in [0.3, 0.4) is 0 Å². The largest absolute Gasteiger partial charge is 0.368 e. The lowest BCUT2D eigenvalue weighted by Crippen LogP contribution is -2.44. The molecule has 2 aliphatic heterocycles. The van der Waals surface area contributed by atoms with Crippen molar-refractivity contribution in [2.24, 2.45) is 0 Å². The van der Waals surface area contributed by atoms with Gasteiger partial charge in [-0.2, -0.15) is 0 Å². The molecule has 1 N–H and O–H groups in total. The van der Waals surface area contributed by atoms with Crippen molar-refractivity contribution in [2.45, 2.75) is 57.7 Å². The Bertz CT molecular complexity index is 1080. The van der Waals surface area contributed by atoms with E-state index < -0.39 is 5.91 Å². The molecule has 1 saturated heterocycles. The molecule has 8 nitrogen and oxygen atoms in total. The Hall–Kier alpha value is -3.00. The highest BCUT2D eigenvalue weighted by molar-refractivity contribution is 6.05. The third-order valence-corrected chi connectivity index (χ3v) is 6.28. The van der Waals surface area contributed by atoms with Crippen molar-refractivity contribution < 1.29 is 14.3 Å². The van der Waals surface area contributed by atoms with Crippen LogP contribution in [0.1, 0.15) is 58.9 Å². The number of rotatable bonds is 4. The first-order chi connectivity index (χ1) is 15.0. The van der Waals surface area contributed by atoms with Crippen molar-refractivity contribution in [3.63, 3.8) is 0 Å². The number of aryl methyl sites for hydroxylation is 1. The second kappa shape index (κ2) is 7.92. The first-order valence-corrected chi connectivity index (χ1v) is 10.9. The lowest BCUT2D eigenvalue weighted by Gasteiger charge is -2.32. The molecule has 1 unspecified atom stereocenters. The van der Waals surface area contributed by atoms with E-state index in [-0.39, 0.29) is 29.2 Å². The number of nitrogens with zero attached hydrogens (tertiary/aromatic N) is 3. The van der Waals surface area contributed by atoms with Gasteiger partial charge in [-0.1, -0.05) is 0 Å². The number of aromatic nitrogens is 2. The van der Waals surface area contributed by atoms with Crippen LogP contribution in [-0.2, 0) is 22.5 Å². The van der Waals surface area contributed by atoms with Gasteiger partial charge in [0, 0.05) is 37.6 Å². The number of amides is 2. The molecule has 2 amide bonds. The summed E-state index contributed by atoms with van der Waals surface area (Å²) in [6.45, 7) is 3.37. The van der Waals surface area contributed by atoms with Crippen molar-refractivity contribution in [1.29, 1.82) is 0 Å². The predicted octanol–water partition coefficient (Wildman–Crippen LogP) is 2.20. The minimum absolute atomic E-state index is 0.00375. The summed E-state index contributed by atoms with van der Waals surface area (Å²) in [6, 6.07) is 3.72. The molecular weight excluding hydrogens is 396 g/mol. The molecule has 31 heavy (non-hydrogen) atoms. The summed E-state index contributed by atoms with van der Waals surface area (Å²) in [5.74, 6) is -0.412. The van der Waals surface area contributed by atoms with Crippen LogP contribution in [-0.4, -0.2) is 45.5 Å². The molecule has 8 heteroatoms. The fourth-order valence-corrected chi connectivity index (χ4v) is 4.43. The molecule has 4 heterocycles. The van der Waals surface area contributed by atoms with E-state index in [4.69, 9.17) is 4.74 Å². The summed E-state index contributed by atoms with van der Waals surface area (Å²) < 4.78 is 7.25. The standard InChI is InChI=1S/C23H26N4O4/c1-14-4-5-16(11-24-14)25-21(28)20-18-8-9-26(22(29)19-3-2-10-31-19)12-15(18)13-27(23(20)30)17-6-7-17/h4-5,11,13,17,19H,2-3,6-10,12H2,1H3,(H,25,28). The Labute approximate surface area is 180 Å². The molecule has 2 fully saturated rings. The third-order valence-electron chi connectivity index (χ3n) is 6.28. The summed E-state index contributed by atoms with van der Waals surface area (Å²) in [7, 11) is 0. The number of anilines is 1. The Kier molecular flexibility index (Phi) is 5.09. The molecule has 0 radical (unpaired) electrons. The second-order valence-corrected chi connectivity index (χ2v) is 8.61. The van der Waals surface area contributed by atoms with Gasteiger partial charge in [0.2, 0.25) is 0 Å². The summed E-state index contributed by atoms with van der Waals surface area (Å²) in [4.78, 5) is 45.2. The minimum atomic E-state index is -0.416. The number of ether oxygens (including phenoxy) is 1. The summed E-state index contributed by atoms with van der Waals surface area (Å²) in [5.41, 5.74) is 2.96. The Morgan fingerprint density at radius 3 is 2.74 bits per heavy atom. The monoisotopic (exact) mass is 422 g/mol. The number of fused-ring (bicyclic) bond motifs is 1. The van der Waals surface area contributed by atoms with Crippen molar-refractivity contribution in [3.8, 4) is 0 Å². The zero-order valence-corrected chi connectivity index (χ0v) is 17.6. The number of pyridine rings is 2. The first kappa shape index (κ1) is 19.9. The lowest BCUT2D eigenvalue weighted by atomic mass is 9.95. The lowest BCUT2D eigenvalue weighted by molar-refractivity contribution is -0.141. The van der Waals surface area contributed by atoms with E-state index in [0.29, 0.717) is 31.8 Å². The van der Waals surface area contributed by atoms with Gasteiger partial charge in [0.25, 0.3) is 17.4 Å². The van der Waals surface area contributed by atoms with Crippen molar-refractivity contribution in [3.05, 3.63) is 57.3 Å². The van der Waals surface area contributed by atoms with Crippen molar-refractivity contribution in [1.82, 2.24) is 14.5 Å². The smallest absolute Gasteiger partial charge is 0.263 e. The summed E-state index contributed by atoms with van der Waals surface area (Å²) in [5, 5.41) is 2.83. The fraction of sp³-hybridized carbons (Fsp3) is 0.478. The van der Waals surface area contributed by atoms with Gasteiger partial charge in [-0.25, -0.2) is 0 Å². The third kappa shape index (κ3) is 3.87. The van der Waals surface area contributed by atoms with Crippen LogP contribution in [0.5, 0.6) is 0 Å². The number of carbonyl (C=O) groups excluding carboxylic acids is 2. The molecule has 0 spiro atoms. The van der Waals surface area contributed by atoms with E-state index in [1.165, 1.54) is 0 Å². The van der Waals surface area contributed by atoms with Crippen molar-refractivity contribution >= 4 is 17.5 Å². The maximum Gasteiger partial charge on any atom is 0.263 e. The molecule has 1 saturated carbocycles. The van der Waals surface area contributed by atoms with Crippen LogP contribution in [0.2, 0.25) is 0 Å². The quantitative estimate of drug-likeness (QED) is 0.815. The molecule has 1 aliphatic carbocycles. The average molecular weight is 422 g/mol. The Balaban J connectivity index is 1.47. The molecule has 3 aliphatic rings. The Morgan fingerprint density at radius 2 is 2.06 bits per heavy atom. The second-order valence-electron chi connectivity index (χ2n) is 8.61. The zero-order valence-electron chi connectivity index (χ0n) is 17.6. The predicted molar refractivity (Wildman–Crippen MR) is 114 cm³/mol. The maximum atomic E-state index is 13.2. The van der Waals surface area contributed by atoms with E-state index in [2.05, 4.69) is 10.3 Å². The average Bonchev–Trinajstić information content (AvgIpc) is 3.46. The summed E-state index contributed by atoms with van der Waals surface area (Å²) in [6.07, 6.45) is 7.07. The van der Waals surface area contributed by atoms with Crippen LogP contribution in [0.15, 0.2) is 29.3 Å². The first-order valence-electron chi connectivity index (χ1n) is 10.9. The number of hydrogen-bond acceptors (Lipinski definition) is 5. The van der Waals surface area contributed by atoms with Gasteiger partial charge in [-0.3, -0.25) is 19.4 Å². The van der Waals surface area contributed by atoms with Crippen LogP contribution in [0.25, 0.3) is 0 Å². The van der Waals surface area contributed by atoms with E-state index in [1.54, 1.807) is 21.7 Å². The summed E-state index contributed by atoms with van der Waals surface area (Å²) >= 11 is 0. The maximum absolute atomic E-state index is 13.2. The molecule has 1 atom stereocenters. The SMILES string of the molecule is Cc1ccc(NC(=O)c2c3c(cn(C4CC4)c2=O)CN(C(=O)C2CCCO2)CC3)cn1. The van der Waals surface area contributed by atoms with Gasteiger partial charge in [0.1, 0.15) is 11.7 Å². The number of carbonyl (C=O) groups is 2. The zero-order chi connectivity index (χ0) is 21.5. The molecule has 2 aromatic heterocycles. The van der Waals surface area contributed by atoms with Gasteiger partial charge >= 0.3 is 0 Å². The highest BCUT2D eigenvalue weighted by Gasteiger charge is 2.34. The van der Waals surface area contributed by atoms with E-state index in [0.717, 1.165) is 42.5 Å². The fourth-order valence-electron chi connectivity index (χ4n) is 4.43. The van der Waals surface area contributed by atoms with Crippen LogP contribution < -0.4 is 10.9 Å². The highest BCUT2D eigenvalue weighted by atomic mass is 16.5. The van der Waals surface area contributed by atoms with Crippen LogP contribution >= 0.6 is 0 Å². The topological polar surface area (TPSA) is 93.5 Å². The molecule has 0 bridgehead atoms. The van der Waals surface area contributed by atoms with E-state index in [9.17, 15) is 14.4 Å². The van der Waals surface area contributed by atoms with E-state index in [1.807, 2.05) is 19.2 Å². The van der Waals surface area contributed by atoms with E-state index >= 15 is 0 Å². The van der Waals surface area contributed by atoms with Gasteiger partial charge < -0.3 is 19.5 Å². The number of nitrogens with one attached hydrogen (secondary N) is 1. The molecule has 5 rings (SSSR count). The molecular formula is C23H26N4O4. The van der Waals surface area contributed by atoms with Gasteiger partial charge in [-0.05, 0) is 62.3 Å². The van der Waals surface area contributed by atoms with Gasteiger partial charge in [0.15, 0.2) is 0 Å². The van der Waals surface area contributed by atoms with Gasteiger partial charge in [-0.15, -0.1) is 0 Å². The highest BCUT2D eigenvalue weighted by Crippen LogP contribution is 2.35. The van der Waals surface area contributed by atoms with Crippen LogP contribution in [0, 0.1) is 6.92 Å². The molecule has 0 aromatic carbocycles. The normalized spacial score (nSPS) is 20.4. The molecule has 2 aromatic rings. The Morgan fingerprint density at radius 1 is 1.23 bits per heavy atom. The number of hydrogen-bond donors (Lipinski definition) is 1. The minimum Gasteiger partial charge on any atom is -0.368 e. The van der Waals surface area contributed by atoms with Gasteiger partial charge in [0.05, 0.1) is 11.9 Å².